The number of nitrogens with zero attached hydrogens (tertiary/aromatic N) is 1. The standard InChI is InChI=1S/C15H30N2O.ClH/c1-15(2,3)13(16)14(18)17(4)11-10-12-8-6-5-7-9-12;/h12-13H,5-11,16H2,1-4H3;1H/t13-;/m1./s1. The molecule has 0 aromatic rings. The SMILES string of the molecule is CN(CCC1CCCCC1)C(=O)[C@@H](N)C(C)(C)C.Cl. The lowest BCUT2D eigenvalue weighted by atomic mass is 9.85. The van der Waals surface area contributed by atoms with E-state index >= 15 is 0 Å². The molecule has 3 nitrogen and oxygen atoms in total. The molecule has 0 aliphatic heterocycles. The second kappa shape index (κ2) is 8.11. The molecule has 1 saturated carbocycles. The van der Waals surface area contributed by atoms with Crippen LogP contribution in [-0.4, -0.2) is 30.4 Å². The van der Waals surface area contributed by atoms with E-state index < -0.39 is 6.04 Å². The van der Waals surface area contributed by atoms with Gasteiger partial charge in [0, 0.05) is 13.6 Å². The molecular weight excluding hydrogens is 260 g/mol. The zero-order valence-electron chi connectivity index (χ0n) is 12.9. The predicted octanol–water partition coefficient (Wildman–Crippen LogP) is 3.21. The van der Waals surface area contributed by atoms with E-state index in [0.29, 0.717) is 0 Å². The highest BCUT2D eigenvalue weighted by atomic mass is 35.5. The van der Waals surface area contributed by atoms with Crippen LogP contribution in [0.5, 0.6) is 0 Å². The molecule has 0 aromatic heterocycles. The number of hydrogen-bond acceptors (Lipinski definition) is 2. The van der Waals surface area contributed by atoms with Crippen LogP contribution in [0, 0.1) is 11.3 Å². The van der Waals surface area contributed by atoms with Gasteiger partial charge in [0.1, 0.15) is 0 Å². The first kappa shape index (κ1) is 18.7. The fraction of sp³-hybridized carbons (Fsp3) is 0.933. The van der Waals surface area contributed by atoms with Crippen LogP contribution in [0.4, 0.5) is 0 Å². The van der Waals surface area contributed by atoms with Gasteiger partial charge in [0.25, 0.3) is 0 Å². The van der Waals surface area contributed by atoms with Gasteiger partial charge in [0.15, 0.2) is 0 Å². The summed E-state index contributed by atoms with van der Waals surface area (Å²) in [5.74, 6) is 0.901. The Morgan fingerprint density at radius 3 is 2.26 bits per heavy atom. The molecule has 0 saturated heterocycles. The number of halogens is 1. The zero-order valence-corrected chi connectivity index (χ0v) is 13.8. The third kappa shape index (κ3) is 6.13. The van der Waals surface area contributed by atoms with Gasteiger partial charge in [-0.1, -0.05) is 52.9 Å². The fourth-order valence-electron chi connectivity index (χ4n) is 2.57. The lowest BCUT2D eigenvalue weighted by Crippen LogP contribution is -2.49. The number of carbonyl (C=O) groups is 1. The maximum atomic E-state index is 12.2. The minimum atomic E-state index is -0.395. The Bertz CT molecular complexity index is 270. The Kier molecular flexibility index (Phi) is 7.99. The van der Waals surface area contributed by atoms with Crippen LogP contribution in [0.2, 0.25) is 0 Å². The van der Waals surface area contributed by atoms with Gasteiger partial charge in [-0.2, -0.15) is 0 Å². The zero-order chi connectivity index (χ0) is 13.8. The Hall–Kier alpha value is -0.280. The van der Waals surface area contributed by atoms with Gasteiger partial charge in [-0.25, -0.2) is 0 Å². The van der Waals surface area contributed by atoms with Crippen LogP contribution in [0.1, 0.15) is 59.3 Å². The minimum Gasteiger partial charge on any atom is -0.344 e. The van der Waals surface area contributed by atoms with Crippen molar-refractivity contribution < 1.29 is 4.79 Å². The summed E-state index contributed by atoms with van der Waals surface area (Å²) in [5, 5.41) is 0. The maximum Gasteiger partial charge on any atom is 0.239 e. The van der Waals surface area contributed by atoms with Gasteiger partial charge in [0.05, 0.1) is 6.04 Å². The highest BCUT2D eigenvalue weighted by Crippen LogP contribution is 2.26. The molecule has 1 fully saturated rings. The summed E-state index contributed by atoms with van der Waals surface area (Å²) in [7, 11) is 1.89. The summed E-state index contributed by atoms with van der Waals surface area (Å²) in [6, 6.07) is -0.395. The molecule has 0 heterocycles. The first-order valence-corrected chi connectivity index (χ1v) is 7.33. The number of likely N-dealkylation sites (N-methyl/N-ethyl adjacent to an activating group) is 1. The molecule has 0 aromatic carbocycles. The summed E-state index contributed by atoms with van der Waals surface area (Å²) in [4.78, 5) is 14.0. The summed E-state index contributed by atoms with van der Waals surface area (Å²) < 4.78 is 0. The van der Waals surface area contributed by atoms with Crippen molar-refractivity contribution in [3.63, 3.8) is 0 Å². The number of hydrogen-bond donors (Lipinski definition) is 1. The van der Waals surface area contributed by atoms with Crippen LogP contribution in [0.15, 0.2) is 0 Å². The van der Waals surface area contributed by atoms with Crippen LogP contribution >= 0.6 is 12.4 Å². The largest absolute Gasteiger partial charge is 0.344 e. The van der Waals surface area contributed by atoms with E-state index in [2.05, 4.69) is 0 Å². The maximum absolute atomic E-state index is 12.2. The topological polar surface area (TPSA) is 46.3 Å². The average molecular weight is 291 g/mol. The summed E-state index contributed by atoms with van der Waals surface area (Å²) in [6.07, 6.45) is 7.94. The fourth-order valence-corrected chi connectivity index (χ4v) is 2.57. The lowest BCUT2D eigenvalue weighted by molar-refractivity contribution is -0.133. The number of rotatable bonds is 4. The van der Waals surface area contributed by atoms with Gasteiger partial charge in [0.2, 0.25) is 5.91 Å². The van der Waals surface area contributed by atoms with Gasteiger partial charge in [-0.15, -0.1) is 12.4 Å². The second-order valence-corrected chi connectivity index (χ2v) is 6.90. The predicted molar refractivity (Wildman–Crippen MR) is 83.5 cm³/mol. The monoisotopic (exact) mass is 290 g/mol. The van der Waals surface area contributed by atoms with E-state index in [-0.39, 0.29) is 23.7 Å². The Morgan fingerprint density at radius 2 is 1.79 bits per heavy atom. The van der Waals surface area contributed by atoms with E-state index in [1.165, 1.54) is 32.1 Å². The summed E-state index contributed by atoms with van der Waals surface area (Å²) in [5.41, 5.74) is 5.86. The molecule has 4 heteroatoms. The average Bonchev–Trinajstić information content (AvgIpc) is 2.34. The molecule has 1 amide bonds. The van der Waals surface area contributed by atoms with Crippen LogP contribution < -0.4 is 5.73 Å². The molecule has 1 atom stereocenters. The van der Waals surface area contributed by atoms with E-state index in [1.807, 2.05) is 32.7 Å². The van der Waals surface area contributed by atoms with Crippen LogP contribution in [-0.2, 0) is 4.79 Å². The first-order valence-electron chi connectivity index (χ1n) is 7.33. The van der Waals surface area contributed by atoms with Crippen molar-refractivity contribution in [2.24, 2.45) is 17.1 Å². The van der Waals surface area contributed by atoms with Crippen LogP contribution in [0.25, 0.3) is 0 Å². The number of carbonyl (C=O) groups excluding carboxylic acids is 1. The highest BCUT2D eigenvalue weighted by molar-refractivity contribution is 5.85. The Morgan fingerprint density at radius 1 is 1.26 bits per heavy atom. The van der Waals surface area contributed by atoms with Crippen LogP contribution in [0.3, 0.4) is 0 Å². The van der Waals surface area contributed by atoms with E-state index in [1.54, 1.807) is 0 Å². The van der Waals surface area contributed by atoms with Crippen molar-refractivity contribution in [1.29, 1.82) is 0 Å². The third-order valence-corrected chi connectivity index (χ3v) is 4.17. The molecule has 19 heavy (non-hydrogen) atoms. The van der Waals surface area contributed by atoms with Crippen molar-refractivity contribution in [2.75, 3.05) is 13.6 Å². The molecule has 114 valence electrons. The quantitative estimate of drug-likeness (QED) is 0.864. The van der Waals surface area contributed by atoms with Crippen molar-refractivity contribution in [3.05, 3.63) is 0 Å². The van der Waals surface area contributed by atoms with E-state index in [4.69, 9.17) is 5.73 Å². The minimum absolute atomic E-state index is 0. The highest BCUT2D eigenvalue weighted by Gasteiger charge is 2.29. The van der Waals surface area contributed by atoms with Crippen molar-refractivity contribution >= 4 is 18.3 Å². The van der Waals surface area contributed by atoms with Crippen molar-refractivity contribution in [3.8, 4) is 0 Å². The first-order chi connectivity index (χ1) is 8.32. The van der Waals surface area contributed by atoms with Gasteiger partial charge < -0.3 is 10.6 Å². The van der Waals surface area contributed by atoms with Gasteiger partial charge >= 0.3 is 0 Å². The molecular formula is C15H31ClN2O. The van der Waals surface area contributed by atoms with Gasteiger partial charge in [-0.3, -0.25) is 4.79 Å². The molecule has 0 unspecified atom stereocenters. The van der Waals surface area contributed by atoms with Gasteiger partial charge in [-0.05, 0) is 17.8 Å². The number of nitrogens with two attached hydrogens (primary N) is 1. The number of amides is 1. The van der Waals surface area contributed by atoms with Crippen molar-refractivity contribution in [2.45, 2.75) is 65.3 Å². The third-order valence-electron chi connectivity index (χ3n) is 4.17. The smallest absolute Gasteiger partial charge is 0.239 e. The van der Waals surface area contributed by atoms with E-state index in [9.17, 15) is 4.79 Å². The second-order valence-electron chi connectivity index (χ2n) is 6.90. The Balaban J connectivity index is 0.00000324. The lowest BCUT2D eigenvalue weighted by Gasteiger charge is -2.31. The molecule has 0 spiro atoms. The summed E-state index contributed by atoms with van der Waals surface area (Å²) in [6.45, 7) is 6.91. The summed E-state index contributed by atoms with van der Waals surface area (Å²) >= 11 is 0. The molecule has 0 radical (unpaired) electrons. The van der Waals surface area contributed by atoms with Crippen molar-refractivity contribution in [1.82, 2.24) is 4.90 Å². The molecule has 2 N–H and O–H groups in total. The molecule has 0 bridgehead atoms. The normalized spacial score (nSPS) is 18.6. The molecule has 1 rings (SSSR count). The Labute approximate surface area is 124 Å². The molecule has 1 aliphatic rings. The van der Waals surface area contributed by atoms with E-state index in [0.717, 1.165) is 18.9 Å². The molecule has 1 aliphatic carbocycles.